The van der Waals surface area contributed by atoms with E-state index in [-0.39, 0.29) is 5.91 Å². The van der Waals surface area contributed by atoms with Crippen molar-refractivity contribution >= 4 is 5.91 Å². The summed E-state index contributed by atoms with van der Waals surface area (Å²) in [5.41, 5.74) is 5.34. The van der Waals surface area contributed by atoms with Gasteiger partial charge in [0, 0.05) is 18.7 Å². The lowest BCUT2D eigenvalue weighted by atomic mass is 10.1. The first-order valence-corrected chi connectivity index (χ1v) is 9.76. The summed E-state index contributed by atoms with van der Waals surface area (Å²) in [4.78, 5) is 15.2. The van der Waals surface area contributed by atoms with Gasteiger partial charge in [-0.05, 0) is 43.7 Å². The molecule has 3 aromatic rings. The topological polar surface area (TPSA) is 56.6 Å². The second kappa shape index (κ2) is 8.09. The van der Waals surface area contributed by atoms with E-state index in [1.165, 1.54) is 5.56 Å². The lowest BCUT2D eigenvalue weighted by Crippen LogP contribution is -2.41. The van der Waals surface area contributed by atoms with Gasteiger partial charge in [-0.3, -0.25) is 4.79 Å². The Balaban J connectivity index is 1.82. The molecule has 0 saturated carbocycles. The van der Waals surface area contributed by atoms with Gasteiger partial charge in [-0.1, -0.05) is 29.8 Å². The third-order valence-electron chi connectivity index (χ3n) is 5.17. The van der Waals surface area contributed by atoms with Crippen molar-refractivity contribution in [3.05, 3.63) is 65.4 Å². The molecule has 2 heterocycles. The Morgan fingerprint density at radius 1 is 1.07 bits per heavy atom. The Kier molecular flexibility index (Phi) is 5.36. The van der Waals surface area contributed by atoms with Gasteiger partial charge in [-0.15, -0.1) is 0 Å². The number of ether oxygens (including phenoxy) is 2. The molecule has 0 N–H and O–H groups in total. The van der Waals surface area contributed by atoms with Crippen LogP contribution >= 0.6 is 0 Å². The number of hydrogen-bond acceptors (Lipinski definition) is 4. The number of carbonyl (C=O) groups is 1. The van der Waals surface area contributed by atoms with Crippen molar-refractivity contribution in [3.8, 4) is 22.7 Å². The number of rotatable bonds is 4. The molecule has 0 spiro atoms. The smallest absolute Gasteiger partial charge is 0.272 e. The molecular formula is C23H25N3O3. The highest BCUT2D eigenvalue weighted by molar-refractivity contribution is 5.94. The van der Waals surface area contributed by atoms with Crippen LogP contribution in [-0.4, -0.2) is 54.0 Å². The maximum atomic E-state index is 13.3. The zero-order valence-electron chi connectivity index (χ0n) is 17.0. The van der Waals surface area contributed by atoms with E-state index >= 15 is 0 Å². The second-order valence-electron chi connectivity index (χ2n) is 7.25. The number of nitrogens with zero attached hydrogens (tertiary/aromatic N) is 3. The van der Waals surface area contributed by atoms with Gasteiger partial charge in [0.05, 0.1) is 31.7 Å². The Bertz CT molecular complexity index is 1040. The second-order valence-corrected chi connectivity index (χ2v) is 7.25. The molecule has 1 aliphatic rings. The molecule has 1 fully saturated rings. The van der Waals surface area contributed by atoms with Crippen LogP contribution in [0.25, 0.3) is 16.9 Å². The van der Waals surface area contributed by atoms with Crippen LogP contribution in [0.1, 0.15) is 21.6 Å². The van der Waals surface area contributed by atoms with Gasteiger partial charge < -0.3 is 14.4 Å². The van der Waals surface area contributed by atoms with Crippen LogP contribution in [0.4, 0.5) is 0 Å². The van der Waals surface area contributed by atoms with Crippen LogP contribution in [0.15, 0.2) is 48.5 Å². The van der Waals surface area contributed by atoms with Crippen LogP contribution < -0.4 is 4.74 Å². The van der Waals surface area contributed by atoms with Crippen molar-refractivity contribution in [2.45, 2.75) is 13.8 Å². The first-order chi connectivity index (χ1) is 14.1. The molecule has 1 saturated heterocycles. The van der Waals surface area contributed by atoms with E-state index in [1.807, 2.05) is 54.3 Å². The minimum Gasteiger partial charge on any atom is -0.497 e. The van der Waals surface area contributed by atoms with Crippen LogP contribution in [-0.2, 0) is 4.74 Å². The molecule has 1 amide bonds. The minimum absolute atomic E-state index is 0.0325. The van der Waals surface area contributed by atoms with Gasteiger partial charge in [0.2, 0.25) is 0 Å². The van der Waals surface area contributed by atoms with Gasteiger partial charge in [-0.2, -0.15) is 5.10 Å². The fraction of sp³-hybridized carbons (Fsp3) is 0.304. The molecule has 1 aliphatic heterocycles. The lowest BCUT2D eigenvalue weighted by Gasteiger charge is -2.27. The summed E-state index contributed by atoms with van der Waals surface area (Å²) in [6.45, 7) is 6.40. The summed E-state index contributed by atoms with van der Waals surface area (Å²) in [5, 5.41) is 4.81. The van der Waals surface area contributed by atoms with E-state index in [0.717, 1.165) is 28.3 Å². The van der Waals surface area contributed by atoms with E-state index in [0.29, 0.717) is 32.0 Å². The summed E-state index contributed by atoms with van der Waals surface area (Å²) in [6, 6.07) is 15.7. The zero-order valence-corrected chi connectivity index (χ0v) is 17.0. The molecule has 0 unspecified atom stereocenters. The van der Waals surface area contributed by atoms with Crippen LogP contribution in [0.2, 0.25) is 0 Å². The number of aryl methyl sites for hydroxylation is 2. The fourth-order valence-corrected chi connectivity index (χ4v) is 3.61. The third kappa shape index (κ3) is 3.89. The Hall–Kier alpha value is -3.12. The van der Waals surface area contributed by atoms with Gasteiger partial charge in [-0.25, -0.2) is 4.68 Å². The third-order valence-corrected chi connectivity index (χ3v) is 5.17. The predicted molar refractivity (Wildman–Crippen MR) is 112 cm³/mol. The molecule has 0 atom stereocenters. The van der Waals surface area contributed by atoms with Crippen molar-refractivity contribution in [1.82, 2.24) is 14.7 Å². The maximum absolute atomic E-state index is 13.3. The molecule has 1 aromatic heterocycles. The molecular weight excluding hydrogens is 366 g/mol. The molecule has 6 nitrogen and oxygen atoms in total. The SMILES string of the molecule is COc1cccc(-c2cc(C(=O)N3CCOCC3)n(-c3ccc(C)cc3C)n2)c1. The molecule has 0 aliphatic carbocycles. The minimum atomic E-state index is -0.0325. The van der Waals surface area contributed by atoms with Crippen molar-refractivity contribution in [2.24, 2.45) is 0 Å². The van der Waals surface area contributed by atoms with Crippen LogP contribution in [0, 0.1) is 13.8 Å². The lowest BCUT2D eigenvalue weighted by molar-refractivity contribution is 0.0297. The largest absolute Gasteiger partial charge is 0.497 e. The average Bonchev–Trinajstić information content (AvgIpc) is 3.19. The molecule has 2 aromatic carbocycles. The fourth-order valence-electron chi connectivity index (χ4n) is 3.61. The summed E-state index contributed by atoms with van der Waals surface area (Å²) in [6.07, 6.45) is 0. The number of carbonyl (C=O) groups excluding carboxylic acids is 1. The summed E-state index contributed by atoms with van der Waals surface area (Å²) in [5.74, 6) is 0.722. The summed E-state index contributed by atoms with van der Waals surface area (Å²) < 4.78 is 12.5. The Morgan fingerprint density at radius 2 is 1.86 bits per heavy atom. The molecule has 0 radical (unpaired) electrons. The first kappa shape index (κ1) is 19.2. The predicted octanol–water partition coefficient (Wildman–Crippen LogP) is 3.64. The van der Waals surface area contributed by atoms with Gasteiger partial charge in [0.1, 0.15) is 11.4 Å². The number of benzene rings is 2. The highest BCUT2D eigenvalue weighted by atomic mass is 16.5. The van der Waals surface area contributed by atoms with Gasteiger partial charge >= 0.3 is 0 Å². The monoisotopic (exact) mass is 391 g/mol. The molecule has 4 rings (SSSR count). The van der Waals surface area contributed by atoms with E-state index in [1.54, 1.807) is 11.8 Å². The summed E-state index contributed by atoms with van der Waals surface area (Å²) in [7, 11) is 1.64. The van der Waals surface area contributed by atoms with Crippen molar-refractivity contribution in [1.29, 1.82) is 0 Å². The number of hydrogen-bond donors (Lipinski definition) is 0. The quantitative estimate of drug-likeness (QED) is 0.681. The molecule has 0 bridgehead atoms. The molecule has 6 heteroatoms. The molecule has 150 valence electrons. The van der Waals surface area contributed by atoms with E-state index in [9.17, 15) is 4.79 Å². The summed E-state index contributed by atoms with van der Waals surface area (Å²) >= 11 is 0. The molecule has 29 heavy (non-hydrogen) atoms. The normalized spacial score (nSPS) is 14.1. The van der Waals surface area contributed by atoms with Gasteiger partial charge in [0.15, 0.2) is 0 Å². The zero-order chi connectivity index (χ0) is 20.4. The van der Waals surface area contributed by atoms with E-state index in [4.69, 9.17) is 14.6 Å². The highest BCUT2D eigenvalue weighted by Crippen LogP contribution is 2.27. The standard InChI is InChI=1S/C23H25N3O3/c1-16-7-8-21(17(2)13-16)26-22(23(27)25-9-11-29-12-10-25)15-20(24-26)18-5-4-6-19(14-18)28-3/h4-8,13-15H,9-12H2,1-3H3. The number of amides is 1. The van der Waals surface area contributed by atoms with Crippen molar-refractivity contribution in [3.63, 3.8) is 0 Å². The number of morpholine rings is 1. The highest BCUT2D eigenvalue weighted by Gasteiger charge is 2.25. The maximum Gasteiger partial charge on any atom is 0.272 e. The van der Waals surface area contributed by atoms with Crippen molar-refractivity contribution < 1.29 is 14.3 Å². The Labute approximate surface area is 170 Å². The first-order valence-electron chi connectivity index (χ1n) is 9.76. The van der Waals surface area contributed by atoms with Crippen LogP contribution in [0.3, 0.4) is 0 Å². The number of methoxy groups -OCH3 is 1. The van der Waals surface area contributed by atoms with E-state index in [2.05, 4.69) is 13.0 Å². The Morgan fingerprint density at radius 3 is 2.59 bits per heavy atom. The van der Waals surface area contributed by atoms with Gasteiger partial charge in [0.25, 0.3) is 5.91 Å². The van der Waals surface area contributed by atoms with Crippen molar-refractivity contribution in [2.75, 3.05) is 33.4 Å². The van der Waals surface area contributed by atoms with E-state index < -0.39 is 0 Å². The number of aromatic nitrogens is 2. The average molecular weight is 391 g/mol. The van der Waals surface area contributed by atoms with Crippen LogP contribution in [0.5, 0.6) is 5.75 Å².